The van der Waals surface area contributed by atoms with E-state index in [1.165, 1.54) is 19.4 Å². The predicted molar refractivity (Wildman–Crippen MR) is 96.1 cm³/mol. The summed E-state index contributed by atoms with van der Waals surface area (Å²) in [6.07, 6.45) is 1.39. The molecule has 0 saturated carbocycles. The Balaban J connectivity index is 1.68. The van der Waals surface area contributed by atoms with E-state index in [1.54, 1.807) is 12.1 Å². The monoisotopic (exact) mass is 353 g/mol. The summed E-state index contributed by atoms with van der Waals surface area (Å²) < 4.78 is 4.97. The van der Waals surface area contributed by atoms with Crippen LogP contribution in [0.5, 0.6) is 11.5 Å². The molecule has 7 heteroatoms. The topological polar surface area (TPSA) is 100 Å². The van der Waals surface area contributed by atoms with Gasteiger partial charge in [0.05, 0.1) is 13.3 Å². The Hall–Kier alpha value is -3.35. The van der Waals surface area contributed by atoms with E-state index in [9.17, 15) is 14.7 Å². The number of hydrazone groups is 1. The zero-order valence-corrected chi connectivity index (χ0v) is 14.2. The van der Waals surface area contributed by atoms with Gasteiger partial charge in [0.25, 0.3) is 5.91 Å². The lowest BCUT2D eigenvalue weighted by Crippen LogP contribution is -2.34. The maximum absolute atomic E-state index is 12.4. The molecule has 2 aromatic carbocycles. The van der Waals surface area contributed by atoms with E-state index < -0.39 is 11.8 Å². The highest BCUT2D eigenvalue weighted by molar-refractivity contribution is 6.03. The SMILES string of the molecule is COc1ccc(C=NNC(=O)[C@@H]2C(=O)NC[C@@H]2c2ccccc2)cc1O. The minimum atomic E-state index is -0.834. The molecule has 26 heavy (non-hydrogen) atoms. The molecule has 7 nitrogen and oxygen atoms in total. The minimum Gasteiger partial charge on any atom is -0.504 e. The number of carbonyl (C=O) groups excluding carboxylic acids is 2. The smallest absolute Gasteiger partial charge is 0.253 e. The largest absolute Gasteiger partial charge is 0.504 e. The summed E-state index contributed by atoms with van der Waals surface area (Å²) in [5, 5.41) is 16.4. The van der Waals surface area contributed by atoms with Gasteiger partial charge in [0, 0.05) is 12.5 Å². The summed E-state index contributed by atoms with van der Waals surface area (Å²) in [4.78, 5) is 24.5. The van der Waals surface area contributed by atoms with Crippen molar-refractivity contribution in [2.75, 3.05) is 13.7 Å². The van der Waals surface area contributed by atoms with Gasteiger partial charge < -0.3 is 15.2 Å². The molecule has 3 rings (SSSR count). The van der Waals surface area contributed by atoms with Crippen LogP contribution in [0.4, 0.5) is 0 Å². The molecule has 1 aliphatic rings. The van der Waals surface area contributed by atoms with Crippen LogP contribution in [0.1, 0.15) is 17.0 Å². The molecule has 3 N–H and O–H groups in total. The van der Waals surface area contributed by atoms with Crippen LogP contribution >= 0.6 is 0 Å². The summed E-state index contributed by atoms with van der Waals surface area (Å²) >= 11 is 0. The van der Waals surface area contributed by atoms with Gasteiger partial charge in [-0.15, -0.1) is 0 Å². The van der Waals surface area contributed by atoms with Gasteiger partial charge in [-0.2, -0.15) is 5.10 Å². The number of nitrogens with zero attached hydrogens (tertiary/aromatic N) is 1. The Bertz CT molecular complexity index is 836. The molecule has 2 aromatic rings. The number of benzene rings is 2. The van der Waals surface area contributed by atoms with Crippen molar-refractivity contribution in [3.05, 3.63) is 59.7 Å². The van der Waals surface area contributed by atoms with Crippen molar-refractivity contribution in [2.45, 2.75) is 5.92 Å². The number of amides is 2. The van der Waals surface area contributed by atoms with E-state index in [0.717, 1.165) is 5.56 Å². The molecule has 0 aromatic heterocycles. The number of aromatic hydroxyl groups is 1. The van der Waals surface area contributed by atoms with Crippen molar-refractivity contribution in [1.82, 2.24) is 10.7 Å². The Labute approximate surface area is 150 Å². The maximum Gasteiger partial charge on any atom is 0.253 e. The first kappa shape index (κ1) is 17.5. The van der Waals surface area contributed by atoms with Crippen molar-refractivity contribution < 1.29 is 19.4 Å². The second-order valence-electron chi connectivity index (χ2n) is 5.91. The number of phenols is 1. The normalized spacial score (nSPS) is 19.3. The molecule has 1 heterocycles. The Morgan fingerprint density at radius 1 is 1.31 bits per heavy atom. The van der Waals surface area contributed by atoms with Crippen LogP contribution in [0.15, 0.2) is 53.6 Å². The molecule has 1 fully saturated rings. The number of carbonyl (C=O) groups is 2. The van der Waals surface area contributed by atoms with E-state index in [4.69, 9.17) is 4.74 Å². The Morgan fingerprint density at radius 3 is 2.77 bits per heavy atom. The van der Waals surface area contributed by atoms with Crippen molar-refractivity contribution in [3.63, 3.8) is 0 Å². The third-order valence-electron chi connectivity index (χ3n) is 4.28. The molecule has 0 bridgehead atoms. The quantitative estimate of drug-likeness (QED) is 0.429. The summed E-state index contributed by atoms with van der Waals surface area (Å²) in [6, 6.07) is 14.2. The Kier molecular flexibility index (Phi) is 5.17. The number of hydrogen-bond acceptors (Lipinski definition) is 5. The van der Waals surface area contributed by atoms with Gasteiger partial charge >= 0.3 is 0 Å². The van der Waals surface area contributed by atoms with Gasteiger partial charge in [0.15, 0.2) is 11.5 Å². The van der Waals surface area contributed by atoms with Crippen LogP contribution < -0.4 is 15.5 Å². The van der Waals surface area contributed by atoms with Gasteiger partial charge in [-0.1, -0.05) is 30.3 Å². The number of hydrogen-bond donors (Lipinski definition) is 3. The van der Waals surface area contributed by atoms with Gasteiger partial charge in [-0.3, -0.25) is 9.59 Å². The van der Waals surface area contributed by atoms with Gasteiger partial charge in [0.2, 0.25) is 5.91 Å². The molecule has 1 saturated heterocycles. The second-order valence-corrected chi connectivity index (χ2v) is 5.91. The van der Waals surface area contributed by atoms with Crippen molar-refractivity contribution in [3.8, 4) is 11.5 Å². The van der Waals surface area contributed by atoms with Crippen LogP contribution in [0, 0.1) is 5.92 Å². The fourth-order valence-electron chi connectivity index (χ4n) is 2.96. The minimum absolute atomic E-state index is 0.0258. The van der Waals surface area contributed by atoms with E-state index >= 15 is 0 Å². The average molecular weight is 353 g/mol. The van der Waals surface area contributed by atoms with Crippen LogP contribution in [0.2, 0.25) is 0 Å². The highest BCUT2D eigenvalue weighted by atomic mass is 16.5. The highest BCUT2D eigenvalue weighted by Gasteiger charge is 2.40. The van der Waals surface area contributed by atoms with E-state index in [-0.39, 0.29) is 17.6 Å². The predicted octanol–water partition coefficient (Wildman–Crippen LogP) is 1.38. The maximum atomic E-state index is 12.4. The first-order valence-corrected chi connectivity index (χ1v) is 8.12. The number of phenolic OH excluding ortho intramolecular Hbond substituents is 1. The molecule has 2 amide bonds. The fourth-order valence-corrected chi connectivity index (χ4v) is 2.96. The molecule has 0 unspecified atom stereocenters. The lowest BCUT2D eigenvalue weighted by Gasteiger charge is -2.15. The zero-order valence-electron chi connectivity index (χ0n) is 14.2. The van der Waals surface area contributed by atoms with Gasteiger partial charge in [-0.25, -0.2) is 5.43 Å². The van der Waals surface area contributed by atoms with Crippen LogP contribution in [0.3, 0.4) is 0 Å². The van der Waals surface area contributed by atoms with E-state index in [1.807, 2.05) is 30.3 Å². The van der Waals surface area contributed by atoms with Crippen molar-refractivity contribution >= 4 is 18.0 Å². The third-order valence-corrected chi connectivity index (χ3v) is 4.28. The summed E-state index contributed by atoms with van der Waals surface area (Å²) in [5.41, 5.74) is 3.92. The lowest BCUT2D eigenvalue weighted by atomic mass is 9.88. The molecule has 0 radical (unpaired) electrons. The van der Waals surface area contributed by atoms with Crippen LogP contribution in [0.25, 0.3) is 0 Å². The molecule has 1 aliphatic heterocycles. The zero-order chi connectivity index (χ0) is 18.5. The van der Waals surface area contributed by atoms with E-state index in [0.29, 0.717) is 17.9 Å². The van der Waals surface area contributed by atoms with Crippen LogP contribution in [-0.4, -0.2) is 36.8 Å². The highest BCUT2D eigenvalue weighted by Crippen LogP contribution is 2.29. The number of rotatable bonds is 5. The van der Waals surface area contributed by atoms with Crippen LogP contribution in [-0.2, 0) is 9.59 Å². The Morgan fingerprint density at radius 2 is 2.08 bits per heavy atom. The first-order chi connectivity index (χ1) is 12.6. The molecule has 2 atom stereocenters. The summed E-state index contributed by atoms with van der Waals surface area (Å²) in [7, 11) is 1.46. The second kappa shape index (κ2) is 7.69. The van der Waals surface area contributed by atoms with Gasteiger partial charge in [0.1, 0.15) is 5.92 Å². The number of nitrogens with one attached hydrogen (secondary N) is 2. The summed E-state index contributed by atoms with van der Waals surface area (Å²) in [5.74, 6) is -1.53. The van der Waals surface area contributed by atoms with Crippen molar-refractivity contribution in [2.24, 2.45) is 11.0 Å². The summed E-state index contributed by atoms with van der Waals surface area (Å²) in [6.45, 7) is 0.414. The number of methoxy groups -OCH3 is 1. The molecule has 0 spiro atoms. The van der Waals surface area contributed by atoms with Crippen molar-refractivity contribution in [1.29, 1.82) is 0 Å². The van der Waals surface area contributed by atoms with Gasteiger partial charge in [-0.05, 0) is 29.3 Å². The molecule has 0 aliphatic carbocycles. The third kappa shape index (κ3) is 3.66. The standard InChI is InChI=1S/C19H19N3O4/c1-26-16-8-7-12(9-15(16)23)10-21-22-19(25)17-14(11-20-18(17)24)13-5-3-2-4-6-13/h2-10,14,17,23H,11H2,1H3,(H,20,24)(H,22,25)/t14-,17+/m1/s1. The van der Waals surface area contributed by atoms with E-state index in [2.05, 4.69) is 15.8 Å². The molecular weight excluding hydrogens is 334 g/mol. The molecular formula is C19H19N3O4. The fraction of sp³-hybridized carbons (Fsp3) is 0.211. The lowest BCUT2D eigenvalue weighted by molar-refractivity contribution is -0.133. The molecule has 134 valence electrons. The number of ether oxygens (including phenoxy) is 1. The first-order valence-electron chi connectivity index (χ1n) is 8.12. The average Bonchev–Trinajstić information content (AvgIpc) is 3.04.